The van der Waals surface area contributed by atoms with E-state index in [1.165, 1.54) is 12.1 Å². The smallest absolute Gasteiger partial charge is 0.243 e. The Morgan fingerprint density at radius 2 is 1.70 bits per heavy atom. The Bertz CT molecular complexity index is 817. The van der Waals surface area contributed by atoms with Crippen molar-refractivity contribution in [3.05, 3.63) is 71.5 Å². The van der Waals surface area contributed by atoms with Crippen LogP contribution >= 0.6 is 0 Å². The van der Waals surface area contributed by atoms with E-state index in [4.69, 9.17) is 0 Å². The maximum absolute atomic E-state index is 13.3. The Morgan fingerprint density at radius 3 is 2.33 bits per heavy atom. The highest BCUT2D eigenvalue weighted by Gasteiger charge is 2.30. The van der Waals surface area contributed by atoms with Crippen LogP contribution in [0, 0.1) is 5.82 Å². The first kappa shape index (κ1) is 22.0. The molecule has 3 rings (SSSR count). The summed E-state index contributed by atoms with van der Waals surface area (Å²) in [6.45, 7) is 2.23. The molecule has 0 aromatic heterocycles. The Kier molecular flexibility index (Phi) is 8.00. The van der Waals surface area contributed by atoms with E-state index in [0.29, 0.717) is 25.8 Å². The van der Waals surface area contributed by atoms with Crippen LogP contribution in [0.5, 0.6) is 0 Å². The fraction of sp³-hybridized carbons (Fsp3) is 0.440. The van der Waals surface area contributed by atoms with Crippen LogP contribution in [0.25, 0.3) is 0 Å². The number of hydrogen-bond donors (Lipinski definition) is 1. The van der Waals surface area contributed by atoms with Gasteiger partial charge >= 0.3 is 0 Å². The summed E-state index contributed by atoms with van der Waals surface area (Å²) >= 11 is 0. The van der Waals surface area contributed by atoms with Crippen LogP contribution in [0.4, 0.5) is 4.39 Å². The number of benzene rings is 2. The first-order valence-electron chi connectivity index (χ1n) is 10.9. The van der Waals surface area contributed by atoms with Gasteiger partial charge in [0.2, 0.25) is 11.8 Å². The highest BCUT2D eigenvalue weighted by atomic mass is 19.1. The number of nitrogens with zero attached hydrogens (tertiary/aromatic N) is 1. The predicted octanol–water partition coefficient (Wildman–Crippen LogP) is 4.62. The van der Waals surface area contributed by atoms with Crippen molar-refractivity contribution in [2.45, 2.75) is 70.5 Å². The lowest BCUT2D eigenvalue weighted by molar-refractivity contribution is -0.141. The number of nitrogens with one attached hydrogen (secondary N) is 1. The van der Waals surface area contributed by atoms with Crippen LogP contribution in [0.1, 0.15) is 56.6 Å². The summed E-state index contributed by atoms with van der Waals surface area (Å²) in [6.07, 6.45) is 5.77. The molecule has 0 bridgehead atoms. The fourth-order valence-electron chi connectivity index (χ4n) is 4.11. The zero-order valence-corrected chi connectivity index (χ0v) is 17.6. The van der Waals surface area contributed by atoms with Crippen molar-refractivity contribution in [3.8, 4) is 0 Å². The minimum absolute atomic E-state index is 0.0587. The highest BCUT2D eigenvalue weighted by molar-refractivity contribution is 5.88. The summed E-state index contributed by atoms with van der Waals surface area (Å²) in [7, 11) is 0. The average molecular weight is 411 g/mol. The molecule has 0 radical (unpaired) electrons. The molecule has 1 fully saturated rings. The van der Waals surface area contributed by atoms with Crippen LogP contribution in [0.2, 0.25) is 0 Å². The summed E-state index contributed by atoms with van der Waals surface area (Å²) in [5.41, 5.74) is 1.91. The second kappa shape index (κ2) is 10.9. The Hall–Kier alpha value is -2.69. The standard InChI is InChI=1S/C25H31FN2O2/c1-2-23(25(30)27-22-10-6-7-11-22)28(18-20-12-15-21(26)16-13-20)24(29)17-14-19-8-4-3-5-9-19/h3-5,8-9,12-13,15-16,22-23H,2,6-7,10-11,14,17-18H2,1H3,(H,27,30)/t23-/m0/s1. The molecule has 2 aromatic rings. The molecule has 0 aliphatic heterocycles. The van der Waals surface area contributed by atoms with Gasteiger partial charge in [-0.1, -0.05) is 62.2 Å². The Morgan fingerprint density at radius 1 is 1.03 bits per heavy atom. The lowest BCUT2D eigenvalue weighted by Crippen LogP contribution is -2.51. The molecule has 0 heterocycles. The van der Waals surface area contributed by atoms with E-state index in [-0.39, 0.29) is 23.7 Å². The van der Waals surface area contributed by atoms with Crippen LogP contribution in [-0.2, 0) is 22.6 Å². The molecule has 1 aliphatic carbocycles. The molecule has 2 amide bonds. The maximum atomic E-state index is 13.3. The van der Waals surface area contributed by atoms with Gasteiger partial charge in [0.1, 0.15) is 11.9 Å². The van der Waals surface area contributed by atoms with Gasteiger partial charge in [0, 0.05) is 19.0 Å². The minimum atomic E-state index is -0.529. The lowest BCUT2D eigenvalue weighted by Gasteiger charge is -2.31. The number of rotatable bonds is 9. The van der Waals surface area contributed by atoms with Gasteiger partial charge in [0.15, 0.2) is 0 Å². The molecule has 2 aromatic carbocycles. The van der Waals surface area contributed by atoms with Crippen LogP contribution < -0.4 is 5.32 Å². The number of halogens is 1. The number of carbonyl (C=O) groups is 2. The van der Waals surface area contributed by atoms with Crippen molar-refractivity contribution in [1.29, 1.82) is 0 Å². The van der Waals surface area contributed by atoms with E-state index < -0.39 is 6.04 Å². The van der Waals surface area contributed by atoms with Gasteiger partial charge in [0.25, 0.3) is 0 Å². The van der Waals surface area contributed by atoms with Crippen molar-refractivity contribution >= 4 is 11.8 Å². The first-order chi connectivity index (χ1) is 14.6. The Balaban J connectivity index is 1.74. The van der Waals surface area contributed by atoms with E-state index in [1.807, 2.05) is 37.3 Å². The molecule has 4 nitrogen and oxygen atoms in total. The third-order valence-corrected chi connectivity index (χ3v) is 5.82. The molecule has 0 unspecified atom stereocenters. The molecular weight excluding hydrogens is 379 g/mol. The van der Waals surface area contributed by atoms with Gasteiger partial charge in [-0.25, -0.2) is 4.39 Å². The molecule has 0 spiro atoms. The van der Waals surface area contributed by atoms with E-state index in [1.54, 1.807) is 17.0 Å². The summed E-state index contributed by atoms with van der Waals surface area (Å²) in [4.78, 5) is 27.9. The van der Waals surface area contributed by atoms with Crippen molar-refractivity contribution < 1.29 is 14.0 Å². The number of hydrogen-bond acceptors (Lipinski definition) is 2. The van der Waals surface area contributed by atoms with Crippen molar-refractivity contribution in [2.75, 3.05) is 0 Å². The topological polar surface area (TPSA) is 49.4 Å². The summed E-state index contributed by atoms with van der Waals surface area (Å²) < 4.78 is 13.3. The summed E-state index contributed by atoms with van der Waals surface area (Å²) in [5, 5.41) is 3.14. The minimum Gasteiger partial charge on any atom is -0.352 e. The molecule has 30 heavy (non-hydrogen) atoms. The first-order valence-corrected chi connectivity index (χ1v) is 10.9. The quantitative estimate of drug-likeness (QED) is 0.656. The third kappa shape index (κ3) is 6.15. The zero-order valence-electron chi connectivity index (χ0n) is 17.6. The van der Waals surface area contributed by atoms with E-state index >= 15 is 0 Å². The van der Waals surface area contributed by atoms with Gasteiger partial charge in [-0.05, 0) is 48.9 Å². The van der Waals surface area contributed by atoms with Crippen molar-refractivity contribution in [3.63, 3.8) is 0 Å². The van der Waals surface area contributed by atoms with E-state index in [9.17, 15) is 14.0 Å². The van der Waals surface area contributed by atoms with Gasteiger partial charge in [0.05, 0.1) is 0 Å². The average Bonchev–Trinajstić information content (AvgIpc) is 3.27. The summed E-state index contributed by atoms with van der Waals surface area (Å²) in [5.74, 6) is -0.456. The van der Waals surface area contributed by atoms with Crippen LogP contribution in [0.15, 0.2) is 54.6 Å². The van der Waals surface area contributed by atoms with Crippen LogP contribution in [-0.4, -0.2) is 28.8 Å². The zero-order chi connectivity index (χ0) is 21.3. The molecule has 0 saturated heterocycles. The SMILES string of the molecule is CC[C@@H](C(=O)NC1CCCC1)N(Cc1ccc(F)cc1)C(=O)CCc1ccccc1. The second-order valence-corrected chi connectivity index (χ2v) is 8.05. The number of aryl methyl sites for hydroxylation is 1. The molecule has 1 saturated carbocycles. The van der Waals surface area contributed by atoms with Gasteiger partial charge < -0.3 is 10.2 Å². The fourth-order valence-corrected chi connectivity index (χ4v) is 4.11. The predicted molar refractivity (Wildman–Crippen MR) is 116 cm³/mol. The third-order valence-electron chi connectivity index (χ3n) is 5.82. The normalized spacial score (nSPS) is 15.0. The molecular formula is C25H31FN2O2. The molecule has 160 valence electrons. The second-order valence-electron chi connectivity index (χ2n) is 8.05. The highest BCUT2D eigenvalue weighted by Crippen LogP contribution is 2.20. The monoisotopic (exact) mass is 410 g/mol. The van der Waals surface area contributed by atoms with Crippen LogP contribution in [0.3, 0.4) is 0 Å². The van der Waals surface area contributed by atoms with E-state index in [0.717, 1.165) is 36.8 Å². The molecule has 1 N–H and O–H groups in total. The molecule has 1 aliphatic rings. The van der Waals surface area contributed by atoms with Gasteiger partial charge in [-0.2, -0.15) is 0 Å². The molecule has 5 heteroatoms. The van der Waals surface area contributed by atoms with Gasteiger partial charge in [-0.3, -0.25) is 9.59 Å². The maximum Gasteiger partial charge on any atom is 0.243 e. The van der Waals surface area contributed by atoms with E-state index in [2.05, 4.69) is 5.32 Å². The Labute approximate surface area is 178 Å². The van der Waals surface area contributed by atoms with Gasteiger partial charge in [-0.15, -0.1) is 0 Å². The van der Waals surface area contributed by atoms with Crippen molar-refractivity contribution in [2.24, 2.45) is 0 Å². The number of amides is 2. The van der Waals surface area contributed by atoms with Crippen molar-refractivity contribution in [1.82, 2.24) is 10.2 Å². The number of carbonyl (C=O) groups excluding carboxylic acids is 2. The lowest BCUT2D eigenvalue weighted by atomic mass is 10.1. The summed E-state index contributed by atoms with van der Waals surface area (Å²) in [6, 6.07) is 15.7. The molecule has 1 atom stereocenters. The largest absolute Gasteiger partial charge is 0.352 e.